The lowest BCUT2D eigenvalue weighted by Crippen LogP contribution is -2.10. The van der Waals surface area contributed by atoms with Gasteiger partial charge in [0.1, 0.15) is 5.15 Å². The lowest BCUT2D eigenvalue weighted by molar-refractivity contribution is -0.141. The first-order valence-electron chi connectivity index (χ1n) is 8.48. The van der Waals surface area contributed by atoms with Crippen molar-refractivity contribution in [2.75, 3.05) is 0 Å². The molecule has 0 bridgehead atoms. The highest BCUT2D eigenvalue weighted by Gasteiger charge is 2.38. The van der Waals surface area contributed by atoms with Gasteiger partial charge in [-0.2, -0.15) is 18.3 Å². The van der Waals surface area contributed by atoms with Gasteiger partial charge in [-0.05, 0) is 48.7 Å². The molecule has 1 fully saturated rings. The largest absolute Gasteiger partial charge is 0.435 e. The topological polar surface area (TPSA) is 73.8 Å². The van der Waals surface area contributed by atoms with Crippen molar-refractivity contribution in [1.29, 1.82) is 0 Å². The van der Waals surface area contributed by atoms with Gasteiger partial charge in [-0.1, -0.05) is 23.7 Å². The Morgan fingerprint density at radius 2 is 1.93 bits per heavy atom. The highest BCUT2D eigenvalue weighted by molar-refractivity contribution is 6.32. The number of hydrogen-bond acceptors (Lipinski definition) is 3. The van der Waals surface area contributed by atoms with Gasteiger partial charge >= 0.3 is 6.18 Å². The molecule has 0 spiro atoms. The summed E-state index contributed by atoms with van der Waals surface area (Å²) < 4.78 is 40.5. The number of aromatic nitrogens is 3. The number of carbonyl (C=O) groups excluding carboxylic acids is 1. The van der Waals surface area contributed by atoms with Gasteiger partial charge in [-0.3, -0.25) is 4.79 Å². The van der Waals surface area contributed by atoms with E-state index in [1.807, 2.05) is 0 Å². The summed E-state index contributed by atoms with van der Waals surface area (Å²) in [6.45, 7) is 0. The summed E-state index contributed by atoms with van der Waals surface area (Å²) in [6, 6.07) is 10.8. The molecule has 5 nitrogen and oxygen atoms in total. The van der Waals surface area contributed by atoms with Gasteiger partial charge in [-0.15, -0.1) is 0 Å². The lowest BCUT2D eigenvalue weighted by Gasteiger charge is -2.10. The van der Waals surface area contributed by atoms with Gasteiger partial charge < -0.3 is 5.73 Å². The minimum Gasteiger partial charge on any atom is -0.366 e. The van der Waals surface area contributed by atoms with Crippen molar-refractivity contribution in [3.05, 3.63) is 64.6 Å². The summed E-state index contributed by atoms with van der Waals surface area (Å²) in [7, 11) is 0. The number of alkyl halides is 3. The van der Waals surface area contributed by atoms with E-state index < -0.39 is 17.8 Å². The molecule has 28 heavy (non-hydrogen) atoms. The lowest BCUT2D eigenvalue weighted by atomic mass is 10.0. The number of pyridine rings is 1. The summed E-state index contributed by atoms with van der Waals surface area (Å²) in [5.74, 6) is -0.332. The van der Waals surface area contributed by atoms with Crippen LogP contribution in [-0.2, 0) is 6.18 Å². The maximum Gasteiger partial charge on any atom is 0.435 e. The van der Waals surface area contributed by atoms with Gasteiger partial charge in [0.25, 0.3) is 0 Å². The van der Waals surface area contributed by atoms with Gasteiger partial charge in [0.2, 0.25) is 5.91 Å². The Balaban J connectivity index is 1.76. The first kappa shape index (κ1) is 18.5. The summed E-state index contributed by atoms with van der Waals surface area (Å²) in [4.78, 5) is 15.6. The van der Waals surface area contributed by atoms with Crippen LogP contribution in [0.5, 0.6) is 0 Å². The van der Waals surface area contributed by atoms with Crippen LogP contribution in [0.3, 0.4) is 0 Å². The highest BCUT2D eigenvalue weighted by atomic mass is 35.5. The second kappa shape index (κ2) is 6.63. The molecule has 1 aromatic carbocycles. The molecule has 2 N–H and O–H groups in total. The minimum atomic E-state index is -4.53. The van der Waals surface area contributed by atoms with Crippen LogP contribution >= 0.6 is 11.6 Å². The average Bonchev–Trinajstić information content (AvgIpc) is 3.38. The molecule has 2 aromatic heterocycles. The molecule has 144 valence electrons. The van der Waals surface area contributed by atoms with Crippen LogP contribution in [0.2, 0.25) is 5.15 Å². The third kappa shape index (κ3) is 3.47. The second-order valence-electron chi connectivity index (χ2n) is 6.59. The zero-order chi connectivity index (χ0) is 20.1. The van der Waals surface area contributed by atoms with E-state index in [1.165, 1.54) is 4.68 Å². The molecule has 4 rings (SSSR count). The van der Waals surface area contributed by atoms with Crippen molar-refractivity contribution in [1.82, 2.24) is 14.8 Å². The number of rotatable bonds is 4. The van der Waals surface area contributed by atoms with Gasteiger partial charge in [-0.25, -0.2) is 9.67 Å². The molecule has 0 unspecified atom stereocenters. The molecule has 0 atom stereocenters. The number of nitrogens with zero attached hydrogens (tertiary/aromatic N) is 3. The Kier molecular flexibility index (Phi) is 4.38. The van der Waals surface area contributed by atoms with Crippen LogP contribution in [-0.4, -0.2) is 20.7 Å². The third-order valence-corrected chi connectivity index (χ3v) is 4.82. The summed E-state index contributed by atoms with van der Waals surface area (Å²) in [5, 5.41) is 3.79. The summed E-state index contributed by atoms with van der Waals surface area (Å²) in [6.07, 6.45) is -2.91. The average molecular weight is 407 g/mol. The first-order chi connectivity index (χ1) is 13.2. The van der Waals surface area contributed by atoms with Gasteiger partial charge in [0.05, 0.1) is 0 Å². The van der Waals surface area contributed by atoms with E-state index in [1.54, 1.807) is 36.4 Å². The van der Waals surface area contributed by atoms with Crippen molar-refractivity contribution < 1.29 is 18.0 Å². The number of carbonyl (C=O) groups is 1. The normalized spacial score (nSPS) is 14.3. The van der Waals surface area contributed by atoms with Crippen LogP contribution in [0.1, 0.15) is 40.5 Å². The fourth-order valence-corrected chi connectivity index (χ4v) is 3.24. The van der Waals surface area contributed by atoms with Crippen LogP contribution in [0.15, 0.2) is 42.5 Å². The van der Waals surface area contributed by atoms with E-state index in [0.717, 1.165) is 18.9 Å². The summed E-state index contributed by atoms with van der Waals surface area (Å²) >= 11 is 6.30. The maximum atomic E-state index is 13.1. The quantitative estimate of drug-likeness (QED) is 0.644. The SMILES string of the molecule is NC(=O)c1cccc(-c2ccc(-n3nc(C(F)(F)F)cc3C3CC3)nc2Cl)c1. The standard InChI is InChI=1S/C19H14ClF3N4O/c20-17-13(11-2-1-3-12(8-11)18(24)28)6-7-16(25-17)27-14(10-4-5-10)9-15(26-27)19(21,22)23/h1-3,6-10H,4-5H2,(H2,24,28). The number of nitrogens with two attached hydrogens (primary N) is 1. The third-order valence-electron chi connectivity index (χ3n) is 4.53. The zero-order valence-electron chi connectivity index (χ0n) is 14.4. The van der Waals surface area contributed by atoms with E-state index in [-0.39, 0.29) is 16.9 Å². The number of primary amides is 1. The van der Waals surface area contributed by atoms with Crippen molar-refractivity contribution in [2.45, 2.75) is 24.9 Å². The molecule has 1 saturated carbocycles. The van der Waals surface area contributed by atoms with Crippen LogP contribution in [0.4, 0.5) is 13.2 Å². The molecule has 0 radical (unpaired) electrons. The van der Waals surface area contributed by atoms with E-state index in [0.29, 0.717) is 22.4 Å². The molecular weight excluding hydrogens is 393 g/mol. The predicted molar refractivity (Wildman–Crippen MR) is 97.3 cm³/mol. The van der Waals surface area contributed by atoms with Crippen molar-refractivity contribution in [2.24, 2.45) is 5.73 Å². The fraction of sp³-hybridized carbons (Fsp3) is 0.211. The van der Waals surface area contributed by atoms with Crippen molar-refractivity contribution in [3.63, 3.8) is 0 Å². The Morgan fingerprint density at radius 3 is 2.54 bits per heavy atom. The van der Waals surface area contributed by atoms with E-state index in [2.05, 4.69) is 10.1 Å². The Bertz CT molecular complexity index is 1070. The van der Waals surface area contributed by atoms with Gasteiger partial charge in [0.15, 0.2) is 11.5 Å². The van der Waals surface area contributed by atoms with Gasteiger partial charge in [0, 0.05) is 22.7 Å². The summed E-state index contributed by atoms with van der Waals surface area (Å²) in [5.41, 5.74) is 6.29. The fourth-order valence-electron chi connectivity index (χ4n) is 2.99. The van der Waals surface area contributed by atoms with E-state index in [4.69, 9.17) is 17.3 Å². The Labute approximate surface area is 162 Å². The molecule has 1 amide bonds. The van der Waals surface area contributed by atoms with E-state index in [9.17, 15) is 18.0 Å². The molecule has 3 aromatic rings. The Morgan fingerprint density at radius 1 is 1.18 bits per heavy atom. The molecule has 0 aliphatic heterocycles. The monoisotopic (exact) mass is 406 g/mol. The molecule has 0 saturated heterocycles. The number of hydrogen-bond donors (Lipinski definition) is 1. The number of amides is 1. The number of halogens is 4. The van der Waals surface area contributed by atoms with E-state index >= 15 is 0 Å². The molecular formula is C19H14ClF3N4O. The number of benzene rings is 1. The van der Waals surface area contributed by atoms with Crippen LogP contribution in [0.25, 0.3) is 16.9 Å². The van der Waals surface area contributed by atoms with Crippen LogP contribution < -0.4 is 5.73 Å². The predicted octanol–water partition coefficient (Wildman–Crippen LogP) is 4.58. The second-order valence-corrected chi connectivity index (χ2v) is 6.95. The van der Waals surface area contributed by atoms with Crippen molar-refractivity contribution in [3.8, 4) is 16.9 Å². The molecule has 1 aliphatic carbocycles. The smallest absolute Gasteiger partial charge is 0.366 e. The van der Waals surface area contributed by atoms with Crippen LogP contribution in [0, 0.1) is 0 Å². The maximum absolute atomic E-state index is 13.1. The first-order valence-corrected chi connectivity index (χ1v) is 8.86. The highest BCUT2D eigenvalue weighted by Crippen LogP contribution is 2.43. The molecule has 1 aliphatic rings. The van der Waals surface area contributed by atoms with Crippen molar-refractivity contribution >= 4 is 17.5 Å². The Hall–Kier alpha value is -2.87. The zero-order valence-corrected chi connectivity index (χ0v) is 15.1. The minimum absolute atomic E-state index is 0.0381. The molecule has 9 heteroatoms. The molecule has 2 heterocycles.